The van der Waals surface area contributed by atoms with Gasteiger partial charge in [-0.05, 0) is 61.3 Å². The van der Waals surface area contributed by atoms with Gasteiger partial charge in [0.05, 0.1) is 11.4 Å². The summed E-state index contributed by atoms with van der Waals surface area (Å²) >= 11 is 0. The van der Waals surface area contributed by atoms with E-state index in [1.165, 1.54) is 0 Å². The zero-order valence-corrected chi connectivity index (χ0v) is 16.9. The maximum absolute atomic E-state index is 12.5. The number of amides is 1. The Hall–Kier alpha value is -3.25. The lowest BCUT2D eigenvalue weighted by Crippen LogP contribution is -2.53. The fraction of sp³-hybridized carbons (Fsp3) is 0.292. The Morgan fingerprint density at radius 2 is 1.90 bits per heavy atom. The molecule has 1 amide bonds. The topological polar surface area (TPSA) is 81.3 Å². The quantitative estimate of drug-likeness (QED) is 0.657. The Balaban J connectivity index is 1.45. The summed E-state index contributed by atoms with van der Waals surface area (Å²) in [6.45, 7) is 2.64. The monoisotopic (exact) mass is 402 g/mol. The first-order valence-corrected chi connectivity index (χ1v) is 10.2. The molecule has 0 spiro atoms. The molecule has 30 heavy (non-hydrogen) atoms. The molecule has 2 N–H and O–H groups in total. The number of nitrogens with zero attached hydrogens (tertiary/aromatic N) is 3. The SMILES string of the molecule is NC(=O)[C@@]1(c2ccccn2)CCCN(Cc2cccc(OCc3ccccn3)c2)C1. The van der Waals surface area contributed by atoms with Gasteiger partial charge >= 0.3 is 0 Å². The molecule has 0 saturated carbocycles. The van der Waals surface area contributed by atoms with Gasteiger partial charge in [0, 0.05) is 25.5 Å². The molecule has 6 heteroatoms. The lowest BCUT2D eigenvalue weighted by atomic mass is 9.76. The van der Waals surface area contributed by atoms with Crippen molar-refractivity contribution in [3.8, 4) is 5.75 Å². The van der Waals surface area contributed by atoms with Gasteiger partial charge in [-0.1, -0.05) is 24.3 Å². The summed E-state index contributed by atoms with van der Waals surface area (Å²) < 4.78 is 5.91. The van der Waals surface area contributed by atoms with Crippen LogP contribution < -0.4 is 10.5 Å². The Labute approximate surface area is 176 Å². The van der Waals surface area contributed by atoms with Crippen LogP contribution >= 0.6 is 0 Å². The average Bonchev–Trinajstić information content (AvgIpc) is 2.79. The summed E-state index contributed by atoms with van der Waals surface area (Å²) in [5.74, 6) is 0.499. The lowest BCUT2D eigenvalue weighted by Gasteiger charge is -2.40. The van der Waals surface area contributed by atoms with Gasteiger partial charge in [0.25, 0.3) is 0 Å². The summed E-state index contributed by atoms with van der Waals surface area (Å²) in [5.41, 5.74) is 7.92. The molecule has 0 bridgehead atoms. The maximum atomic E-state index is 12.5. The normalized spacial score (nSPS) is 19.3. The molecule has 154 valence electrons. The number of piperidine rings is 1. The van der Waals surface area contributed by atoms with E-state index < -0.39 is 5.41 Å². The van der Waals surface area contributed by atoms with Crippen LogP contribution in [-0.2, 0) is 23.4 Å². The van der Waals surface area contributed by atoms with Crippen LogP contribution in [0.3, 0.4) is 0 Å². The van der Waals surface area contributed by atoms with Crippen LogP contribution in [0.4, 0.5) is 0 Å². The number of ether oxygens (including phenoxy) is 1. The minimum absolute atomic E-state index is 0.307. The molecule has 1 atom stereocenters. The van der Waals surface area contributed by atoms with Crippen molar-refractivity contribution < 1.29 is 9.53 Å². The fourth-order valence-electron chi connectivity index (χ4n) is 4.09. The van der Waals surface area contributed by atoms with Gasteiger partial charge in [-0.15, -0.1) is 0 Å². The van der Waals surface area contributed by atoms with E-state index in [4.69, 9.17) is 10.5 Å². The first kappa shape index (κ1) is 20.0. The fourth-order valence-corrected chi connectivity index (χ4v) is 4.09. The van der Waals surface area contributed by atoms with Crippen LogP contribution in [0.2, 0.25) is 0 Å². The molecule has 1 aliphatic heterocycles. The van der Waals surface area contributed by atoms with E-state index >= 15 is 0 Å². The third kappa shape index (κ3) is 4.49. The van der Waals surface area contributed by atoms with E-state index in [2.05, 4.69) is 20.9 Å². The number of benzene rings is 1. The standard InChI is InChI=1S/C24H26N4O2/c25-23(29)24(22-10-2-4-13-27-22)11-6-14-28(18-24)16-19-7-5-9-21(15-19)30-17-20-8-1-3-12-26-20/h1-5,7-10,12-13,15H,6,11,14,16-18H2,(H2,25,29)/t24-/m0/s1. The first-order valence-electron chi connectivity index (χ1n) is 10.2. The Morgan fingerprint density at radius 3 is 2.63 bits per heavy atom. The second kappa shape index (κ2) is 9.05. The van der Waals surface area contributed by atoms with Crippen LogP contribution in [0, 0.1) is 0 Å². The molecule has 0 aliphatic carbocycles. The molecule has 1 saturated heterocycles. The van der Waals surface area contributed by atoms with Gasteiger partial charge in [-0.2, -0.15) is 0 Å². The van der Waals surface area contributed by atoms with Gasteiger partial charge in [-0.3, -0.25) is 19.7 Å². The van der Waals surface area contributed by atoms with Crippen molar-refractivity contribution in [2.75, 3.05) is 13.1 Å². The van der Waals surface area contributed by atoms with Crippen molar-refractivity contribution in [2.24, 2.45) is 5.73 Å². The lowest BCUT2D eigenvalue weighted by molar-refractivity contribution is -0.126. The van der Waals surface area contributed by atoms with Gasteiger partial charge in [0.2, 0.25) is 5.91 Å². The number of hydrogen-bond donors (Lipinski definition) is 1. The van der Waals surface area contributed by atoms with E-state index in [-0.39, 0.29) is 5.91 Å². The Bertz CT molecular complexity index is 981. The summed E-state index contributed by atoms with van der Waals surface area (Å²) in [4.78, 5) is 23.5. The smallest absolute Gasteiger partial charge is 0.230 e. The van der Waals surface area contributed by atoms with Gasteiger partial charge < -0.3 is 10.5 Å². The molecule has 0 unspecified atom stereocenters. The zero-order valence-electron chi connectivity index (χ0n) is 16.9. The number of aromatic nitrogens is 2. The molecule has 3 aromatic rings. The summed E-state index contributed by atoms with van der Waals surface area (Å²) in [7, 11) is 0. The average molecular weight is 402 g/mol. The number of pyridine rings is 2. The van der Waals surface area contributed by atoms with Gasteiger partial charge in [0.1, 0.15) is 17.8 Å². The van der Waals surface area contributed by atoms with E-state index in [9.17, 15) is 4.79 Å². The van der Waals surface area contributed by atoms with Crippen molar-refractivity contribution in [3.63, 3.8) is 0 Å². The zero-order chi connectivity index (χ0) is 20.8. The molecule has 6 nitrogen and oxygen atoms in total. The minimum atomic E-state index is -0.743. The highest BCUT2D eigenvalue weighted by Crippen LogP contribution is 2.33. The number of nitrogens with two attached hydrogens (primary N) is 1. The largest absolute Gasteiger partial charge is 0.487 e. The van der Waals surface area contributed by atoms with Crippen LogP contribution in [0.25, 0.3) is 0 Å². The van der Waals surface area contributed by atoms with Crippen molar-refractivity contribution in [3.05, 3.63) is 90.0 Å². The molecule has 0 radical (unpaired) electrons. The molecule has 3 heterocycles. The Morgan fingerprint density at radius 1 is 1.07 bits per heavy atom. The highest BCUT2D eigenvalue weighted by Gasteiger charge is 2.43. The molecule has 2 aromatic heterocycles. The molecular weight excluding hydrogens is 376 g/mol. The molecule has 4 rings (SSSR count). The van der Waals surface area contributed by atoms with Gasteiger partial charge in [0.15, 0.2) is 0 Å². The molecule has 1 fully saturated rings. The van der Waals surface area contributed by atoms with Crippen LogP contribution in [0.5, 0.6) is 5.75 Å². The van der Waals surface area contributed by atoms with Crippen molar-refractivity contribution in [1.82, 2.24) is 14.9 Å². The number of rotatable bonds is 7. The highest BCUT2D eigenvalue weighted by molar-refractivity contribution is 5.86. The predicted octanol–water partition coefficient (Wildman–Crippen LogP) is 3.07. The van der Waals surface area contributed by atoms with Crippen molar-refractivity contribution in [1.29, 1.82) is 0 Å². The Kier molecular flexibility index (Phi) is 6.05. The third-order valence-electron chi connectivity index (χ3n) is 5.62. The van der Waals surface area contributed by atoms with Crippen LogP contribution in [0.1, 0.15) is 29.8 Å². The highest BCUT2D eigenvalue weighted by atomic mass is 16.5. The second-order valence-electron chi connectivity index (χ2n) is 7.73. The van der Waals surface area contributed by atoms with E-state index in [1.807, 2.05) is 54.6 Å². The summed E-state index contributed by atoms with van der Waals surface area (Å²) in [5, 5.41) is 0. The first-order chi connectivity index (χ1) is 14.7. The summed E-state index contributed by atoms with van der Waals surface area (Å²) in [6.07, 6.45) is 5.11. The number of likely N-dealkylation sites (tertiary alicyclic amines) is 1. The second-order valence-corrected chi connectivity index (χ2v) is 7.73. The van der Waals surface area contributed by atoms with E-state index in [1.54, 1.807) is 12.4 Å². The number of hydrogen-bond acceptors (Lipinski definition) is 5. The molecule has 1 aromatic carbocycles. The number of carbonyl (C=O) groups excluding carboxylic acids is 1. The molecular formula is C24H26N4O2. The van der Waals surface area contributed by atoms with Crippen LogP contribution in [-0.4, -0.2) is 33.9 Å². The van der Waals surface area contributed by atoms with Crippen molar-refractivity contribution >= 4 is 5.91 Å². The van der Waals surface area contributed by atoms with E-state index in [0.717, 1.165) is 48.6 Å². The third-order valence-corrected chi connectivity index (χ3v) is 5.62. The minimum Gasteiger partial charge on any atom is -0.487 e. The number of primary amides is 1. The predicted molar refractivity (Wildman–Crippen MR) is 115 cm³/mol. The number of carbonyl (C=O) groups is 1. The maximum Gasteiger partial charge on any atom is 0.230 e. The summed E-state index contributed by atoms with van der Waals surface area (Å²) in [6, 6.07) is 19.5. The van der Waals surface area contributed by atoms with Crippen molar-refractivity contribution in [2.45, 2.75) is 31.4 Å². The van der Waals surface area contributed by atoms with Crippen LogP contribution in [0.15, 0.2) is 73.1 Å². The van der Waals surface area contributed by atoms with E-state index in [0.29, 0.717) is 13.2 Å². The molecule has 1 aliphatic rings. The van der Waals surface area contributed by atoms with Gasteiger partial charge in [-0.25, -0.2) is 0 Å².